The molecule has 1 amide bonds. The number of para-hydroxylation sites is 1. The third kappa shape index (κ3) is 3.47. The van der Waals surface area contributed by atoms with E-state index in [0.29, 0.717) is 30.3 Å². The molecule has 0 aliphatic carbocycles. The molecule has 1 saturated heterocycles. The third-order valence-electron chi connectivity index (χ3n) is 5.56. The molecule has 152 valence electrons. The molecule has 4 aromatic rings. The second kappa shape index (κ2) is 7.74. The Bertz CT molecular complexity index is 1200. The summed E-state index contributed by atoms with van der Waals surface area (Å²) in [5.41, 5.74) is 2.07. The standard InChI is InChI=1S/C23H21FN4O2/c24-16-7-5-6-15(12-16)13-17-14-25-22(30-17)20-10-3-4-11-28(20)23(29)21-18-8-1-2-9-19(18)26-27-21/h1-2,5-9,12,14,20H,3-4,10-11,13H2,(H,26,27)/t20-/m0/s1. The van der Waals surface area contributed by atoms with Crippen LogP contribution in [0.15, 0.2) is 59.1 Å². The predicted molar refractivity (Wildman–Crippen MR) is 109 cm³/mol. The van der Waals surface area contributed by atoms with Crippen LogP contribution in [0.4, 0.5) is 4.39 Å². The molecule has 5 rings (SSSR count). The molecular weight excluding hydrogens is 383 g/mol. The molecule has 1 fully saturated rings. The van der Waals surface area contributed by atoms with E-state index in [4.69, 9.17) is 4.42 Å². The number of hydrogen-bond donors (Lipinski definition) is 1. The minimum atomic E-state index is -0.275. The zero-order chi connectivity index (χ0) is 20.5. The highest BCUT2D eigenvalue weighted by Crippen LogP contribution is 2.33. The summed E-state index contributed by atoms with van der Waals surface area (Å²) in [4.78, 5) is 19.6. The quantitative estimate of drug-likeness (QED) is 0.537. The van der Waals surface area contributed by atoms with Crippen LogP contribution in [-0.4, -0.2) is 32.5 Å². The Labute approximate surface area is 172 Å². The van der Waals surface area contributed by atoms with Crippen molar-refractivity contribution in [3.05, 3.63) is 83.5 Å². The van der Waals surface area contributed by atoms with Crippen molar-refractivity contribution in [3.8, 4) is 0 Å². The SMILES string of the molecule is O=C(c1n[nH]c2ccccc12)N1CCCC[C@H]1c1ncc(Cc2cccc(F)c2)o1. The molecule has 6 nitrogen and oxygen atoms in total. The first-order valence-electron chi connectivity index (χ1n) is 10.1. The van der Waals surface area contributed by atoms with Crippen LogP contribution >= 0.6 is 0 Å². The minimum absolute atomic E-state index is 0.123. The number of carbonyl (C=O) groups is 1. The van der Waals surface area contributed by atoms with Crippen molar-refractivity contribution in [2.24, 2.45) is 0 Å². The van der Waals surface area contributed by atoms with Gasteiger partial charge in [-0.05, 0) is 43.0 Å². The molecule has 3 heterocycles. The highest BCUT2D eigenvalue weighted by Gasteiger charge is 2.33. The first-order chi connectivity index (χ1) is 14.7. The molecule has 0 saturated carbocycles. The highest BCUT2D eigenvalue weighted by molar-refractivity contribution is 6.04. The van der Waals surface area contributed by atoms with Crippen molar-refractivity contribution >= 4 is 16.8 Å². The summed E-state index contributed by atoms with van der Waals surface area (Å²) in [5, 5.41) is 8.01. The van der Waals surface area contributed by atoms with E-state index in [1.807, 2.05) is 35.2 Å². The molecule has 2 aromatic carbocycles. The Morgan fingerprint density at radius 1 is 1.20 bits per heavy atom. The fourth-order valence-electron chi connectivity index (χ4n) is 4.10. The van der Waals surface area contributed by atoms with Crippen LogP contribution in [0.1, 0.15) is 53.0 Å². The first-order valence-corrected chi connectivity index (χ1v) is 10.1. The van der Waals surface area contributed by atoms with Gasteiger partial charge in [0.25, 0.3) is 5.91 Å². The zero-order valence-corrected chi connectivity index (χ0v) is 16.3. The van der Waals surface area contributed by atoms with Gasteiger partial charge in [-0.3, -0.25) is 9.89 Å². The number of aromatic nitrogens is 3. The number of likely N-dealkylation sites (tertiary alicyclic amines) is 1. The molecule has 1 N–H and O–H groups in total. The number of carbonyl (C=O) groups excluding carboxylic acids is 1. The van der Waals surface area contributed by atoms with Gasteiger partial charge in [0.2, 0.25) is 5.89 Å². The topological polar surface area (TPSA) is 75.0 Å². The van der Waals surface area contributed by atoms with E-state index in [1.165, 1.54) is 12.1 Å². The fraction of sp³-hybridized carbons (Fsp3) is 0.261. The van der Waals surface area contributed by atoms with Crippen molar-refractivity contribution in [2.75, 3.05) is 6.54 Å². The number of H-pyrrole nitrogens is 1. The molecular formula is C23H21FN4O2. The van der Waals surface area contributed by atoms with Gasteiger partial charge in [-0.2, -0.15) is 5.10 Å². The van der Waals surface area contributed by atoms with E-state index in [1.54, 1.807) is 12.3 Å². The summed E-state index contributed by atoms with van der Waals surface area (Å²) >= 11 is 0. The van der Waals surface area contributed by atoms with Crippen molar-refractivity contribution < 1.29 is 13.6 Å². The van der Waals surface area contributed by atoms with Crippen LogP contribution in [0.5, 0.6) is 0 Å². The van der Waals surface area contributed by atoms with E-state index in [2.05, 4.69) is 15.2 Å². The monoisotopic (exact) mass is 404 g/mol. The Morgan fingerprint density at radius 2 is 2.10 bits per heavy atom. The Kier molecular flexibility index (Phi) is 4.78. The van der Waals surface area contributed by atoms with Gasteiger partial charge < -0.3 is 9.32 Å². The van der Waals surface area contributed by atoms with Crippen LogP contribution < -0.4 is 0 Å². The van der Waals surface area contributed by atoms with Gasteiger partial charge in [0.05, 0.1) is 11.7 Å². The molecule has 1 aliphatic heterocycles. The van der Waals surface area contributed by atoms with Gasteiger partial charge in [0, 0.05) is 18.4 Å². The van der Waals surface area contributed by atoms with Crippen LogP contribution in [0.2, 0.25) is 0 Å². The number of benzene rings is 2. The average molecular weight is 404 g/mol. The number of fused-ring (bicyclic) bond motifs is 1. The molecule has 0 bridgehead atoms. The molecule has 1 atom stereocenters. The number of piperidine rings is 1. The second-order valence-corrected chi connectivity index (χ2v) is 7.60. The van der Waals surface area contributed by atoms with Gasteiger partial charge in [-0.25, -0.2) is 9.37 Å². The van der Waals surface area contributed by atoms with Crippen LogP contribution in [0.3, 0.4) is 0 Å². The largest absolute Gasteiger partial charge is 0.443 e. The smallest absolute Gasteiger partial charge is 0.275 e. The second-order valence-electron chi connectivity index (χ2n) is 7.60. The van der Waals surface area contributed by atoms with Crippen molar-refractivity contribution in [1.82, 2.24) is 20.1 Å². The number of hydrogen-bond acceptors (Lipinski definition) is 4. The molecule has 30 heavy (non-hydrogen) atoms. The van der Waals surface area contributed by atoms with E-state index >= 15 is 0 Å². The predicted octanol–water partition coefficient (Wildman–Crippen LogP) is 4.65. The third-order valence-corrected chi connectivity index (χ3v) is 5.56. The normalized spacial score (nSPS) is 16.8. The highest BCUT2D eigenvalue weighted by atomic mass is 19.1. The van der Waals surface area contributed by atoms with Crippen LogP contribution in [0, 0.1) is 5.82 Å². The summed E-state index contributed by atoms with van der Waals surface area (Å²) in [6.45, 7) is 0.631. The van der Waals surface area contributed by atoms with E-state index in [-0.39, 0.29) is 17.8 Å². The van der Waals surface area contributed by atoms with Gasteiger partial charge in [-0.15, -0.1) is 0 Å². The lowest BCUT2D eigenvalue weighted by Gasteiger charge is -2.33. The Hall–Kier alpha value is -3.48. The number of rotatable bonds is 4. The summed E-state index contributed by atoms with van der Waals surface area (Å²) in [6, 6.07) is 13.8. The van der Waals surface area contributed by atoms with Crippen molar-refractivity contribution in [2.45, 2.75) is 31.7 Å². The summed E-state index contributed by atoms with van der Waals surface area (Å²) in [7, 11) is 0. The lowest BCUT2D eigenvalue weighted by molar-refractivity contribution is 0.0566. The maximum Gasteiger partial charge on any atom is 0.275 e. The molecule has 7 heteroatoms. The summed E-state index contributed by atoms with van der Waals surface area (Å²) < 4.78 is 19.4. The summed E-state index contributed by atoms with van der Waals surface area (Å²) in [6.07, 6.45) is 4.84. The zero-order valence-electron chi connectivity index (χ0n) is 16.3. The number of nitrogens with zero attached hydrogens (tertiary/aromatic N) is 3. The number of oxazole rings is 1. The number of amides is 1. The molecule has 1 aliphatic rings. The van der Waals surface area contributed by atoms with Gasteiger partial charge in [0.1, 0.15) is 17.6 Å². The average Bonchev–Trinajstić information content (AvgIpc) is 3.40. The minimum Gasteiger partial charge on any atom is -0.443 e. The van der Waals surface area contributed by atoms with E-state index < -0.39 is 0 Å². The van der Waals surface area contributed by atoms with Gasteiger partial charge in [0.15, 0.2) is 5.69 Å². The fourth-order valence-corrected chi connectivity index (χ4v) is 4.10. The number of nitrogens with one attached hydrogen (secondary N) is 1. The molecule has 0 radical (unpaired) electrons. The van der Waals surface area contributed by atoms with Gasteiger partial charge >= 0.3 is 0 Å². The lowest BCUT2D eigenvalue weighted by atomic mass is 10.0. The molecule has 2 aromatic heterocycles. The summed E-state index contributed by atoms with van der Waals surface area (Å²) in [5.74, 6) is 0.776. The lowest BCUT2D eigenvalue weighted by Crippen LogP contribution is -2.39. The van der Waals surface area contributed by atoms with Crippen LogP contribution in [0.25, 0.3) is 10.9 Å². The van der Waals surface area contributed by atoms with Crippen molar-refractivity contribution in [1.29, 1.82) is 0 Å². The molecule has 0 spiro atoms. The first kappa shape index (κ1) is 18.5. The van der Waals surface area contributed by atoms with Gasteiger partial charge in [-0.1, -0.05) is 30.3 Å². The Balaban J connectivity index is 1.40. The maximum atomic E-state index is 13.5. The van der Waals surface area contributed by atoms with Crippen LogP contribution in [-0.2, 0) is 6.42 Å². The maximum absolute atomic E-state index is 13.5. The number of aromatic amines is 1. The van der Waals surface area contributed by atoms with E-state index in [9.17, 15) is 9.18 Å². The Morgan fingerprint density at radius 3 is 3.00 bits per heavy atom. The number of halogens is 1. The molecule has 0 unspecified atom stereocenters. The van der Waals surface area contributed by atoms with E-state index in [0.717, 1.165) is 35.7 Å². The van der Waals surface area contributed by atoms with Crippen molar-refractivity contribution in [3.63, 3.8) is 0 Å².